The molecule has 0 radical (unpaired) electrons. The van der Waals surface area contributed by atoms with Gasteiger partial charge in [0, 0.05) is 14.2 Å². The van der Waals surface area contributed by atoms with Crippen LogP contribution in [0.3, 0.4) is 0 Å². The topological polar surface area (TPSA) is 18.5 Å². The van der Waals surface area contributed by atoms with Gasteiger partial charge < -0.3 is 8.85 Å². The summed E-state index contributed by atoms with van der Waals surface area (Å²) < 4.78 is 10.0. The molecule has 0 heterocycles. The Bertz CT molecular complexity index is 58.0. The van der Waals surface area contributed by atoms with Crippen LogP contribution >= 0.6 is 31.2 Å². The molecule has 8 heavy (non-hydrogen) atoms. The standard InChI is InChI=1S/C3H8Br2O2Si/c1-6-8(5,3-4)7-2/h3H2,1-2H3. The van der Waals surface area contributed by atoms with Crippen LogP contribution in [0.5, 0.6) is 0 Å². The van der Waals surface area contributed by atoms with Crippen LogP contribution in [-0.2, 0) is 8.85 Å². The molecule has 0 aliphatic rings. The van der Waals surface area contributed by atoms with Gasteiger partial charge in [0.1, 0.15) is 0 Å². The van der Waals surface area contributed by atoms with E-state index in [4.69, 9.17) is 8.85 Å². The molecule has 50 valence electrons. The number of alkyl halides is 1. The third kappa shape index (κ3) is 2.59. The molecule has 0 aromatic rings. The molecule has 0 amide bonds. The maximum Gasteiger partial charge on any atom is 0.424 e. The number of rotatable bonds is 3. The van der Waals surface area contributed by atoms with Crippen molar-refractivity contribution < 1.29 is 8.85 Å². The molecular weight excluding hydrogens is 256 g/mol. The molecule has 0 fully saturated rings. The normalized spacial score (nSPS) is 12.0. The molecule has 0 aliphatic carbocycles. The predicted octanol–water partition coefficient (Wildman–Crippen LogP) is 1.55. The van der Waals surface area contributed by atoms with Gasteiger partial charge in [0.05, 0.1) is 4.95 Å². The fourth-order valence-electron chi connectivity index (χ4n) is 0.192. The van der Waals surface area contributed by atoms with E-state index in [0.29, 0.717) is 0 Å². The summed E-state index contributed by atoms with van der Waals surface area (Å²) in [5, 5.41) is 0. The summed E-state index contributed by atoms with van der Waals surface area (Å²) in [6, 6.07) is 0. The van der Waals surface area contributed by atoms with Gasteiger partial charge in [0.15, 0.2) is 0 Å². The molecule has 0 rings (SSSR count). The summed E-state index contributed by atoms with van der Waals surface area (Å²) in [6.07, 6.45) is 0. The van der Waals surface area contributed by atoms with Crippen molar-refractivity contribution in [1.29, 1.82) is 0 Å². The van der Waals surface area contributed by atoms with Crippen LogP contribution in [0, 0.1) is 0 Å². The molecule has 0 aromatic heterocycles. The van der Waals surface area contributed by atoms with Gasteiger partial charge in [-0.1, -0.05) is 31.2 Å². The quantitative estimate of drug-likeness (QED) is 0.437. The lowest BCUT2D eigenvalue weighted by molar-refractivity contribution is 0.277. The average Bonchev–Trinajstić information content (AvgIpc) is 1.87. The van der Waals surface area contributed by atoms with Crippen LogP contribution in [0.2, 0.25) is 0 Å². The van der Waals surface area contributed by atoms with Crippen molar-refractivity contribution in [1.82, 2.24) is 0 Å². The molecule has 2 nitrogen and oxygen atoms in total. The highest BCUT2D eigenvalue weighted by Gasteiger charge is 2.30. The Balaban J connectivity index is 3.58. The van der Waals surface area contributed by atoms with Gasteiger partial charge in [-0.3, -0.25) is 0 Å². The molecule has 0 atom stereocenters. The second-order valence-corrected chi connectivity index (χ2v) is 8.91. The summed E-state index contributed by atoms with van der Waals surface area (Å²) in [6.45, 7) is 0. The van der Waals surface area contributed by atoms with Crippen LogP contribution in [0.15, 0.2) is 0 Å². The minimum atomic E-state index is -1.94. The fourth-order valence-corrected chi connectivity index (χ4v) is 1.95. The Labute approximate surface area is 66.5 Å². The zero-order chi connectivity index (χ0) is 6.62. The lowest BCUT2D eigenvalue weighted by Crippen LogP contribution is -2.34. The van der Waals surface area contributed by atoms with Gasteiger partial charge in [-0.05, 0) is 0 Å². The van der Waals surface area contributed by atoms with E-state index in [1.807, 2.05) is 0 Å². The molecule has 0 saturated carbocycles. The van der Waals surface area contributed by atoms with Crippen molar-refractivity contribution in [3.8, 4) is 0 Å². The third-order valence-electron chi connectivity index (χ3n) is 0.769. The summed E-state index contributed by atoms with van der Waals surface area (Å²) >= 11 is 6.59. The first-order chi connectivity index (χ1) is 3.68. The Kier molecular flexibility index (Phi) is 4.55. The Hall–Kier alpha value is 1.10. The van der Waals surface area contributed by atoms with Crippen molar-refractivity contribution in [2.45, 2.75) is 0 Å². The molecule has 0 N–H and O–H groups in total. The lowest BCUT2D eigenvalue weighted by Gasteiger charge is -2.16. The summed E-state index contributed by atoms with van der Waals surface area (Å²) in [7, 11) is 1.32. The lowest BCUT2D eigenvalue weighted by atomic mass is 11.8. The van der Waals surface area contributed by atoms with Crippen LogP contribution in [0.4, 0.5) is 0 Å². The number of hydrogen-bond donors (Lipinski definition) is 0. The Morgan fingerprint density at radius 1 is 1.38 bits per heavy atom. The van der Waals surface area contributed by atoms with Crippen molar-refractivity contribution in [2.75, 3.05) is 19.2 Å². The van der Waals surface area contributed by atoms with Gasteiger partial charge in [0.2, 0.25) is 0 Å². The Morgan fingerprint density at radius 3 is 1.75 bits per heavy atom. The maximum absolute atomic E-state index is 5.02. The molecule has 0 aromatic carbocycles. The van der Waals surface area contributed by atoms with Gasteiger partial charge >= 0.3 is 7.18 Å². The second-order valence-electron chi connectivity index (χ2n) is 1.20. The zero-order valence-corrected chi connectivity index (χ0v) is 8.95. The average molecular weight is 264 g/mol. The van der Waals surface area contributed by atoms with Crippen LogP contribution in [0.25, 0.3) is 0 Å². The molecule has 0 bridgehead atoms. The molecular formula is C3H8Br2O2Si. The van der Waals surface area contributed by atoms with E-state index in [0.717, 1.165) is 4.95 Å². The van der Waals surface area contributed by atoms with Crippen molar-refractivity contribution in [2.24, 2.45) is 0 Å². The minimum Gasteiger partial charge on any atom is -0.389 e. The van der Waals surface area contributed by atoms with Gasteiger partial charge in [-0.25, -0.2) is 0 Å². The smallest absolute Gasteiger partial charge is 0.389 e. The first kappa shape index (κ1) is 9.10. The van der Waals surface area contributed by atoms with Crippen molar-refractivity contribution in [3.05, 3.63) is 0 Å². The first-order valence-electron chi connectivity index (χ1n) is 2.03. The van der Waals surface area contributed by atoms with E-state index >= 15 is 0 Å². The van der Waals surface area contributed by atoms with E-state index in [1.54, 1.807) is 14.2 Å². The minimum absolute atomic E-state index is 0.743. The Morgan fingerprint density at radius 2 is 1.75 bits per heavy atom. The van der Waals surface area contributed by atoms with Crippen LogP contribution < -0.4 is 0 Å². The summed E-state index contributed by atoms with van der Waals surface area (Å²) in [4.78, 5) is 0.743. The molecule has 0 unspecified atom stereocenters. The van der Waals surface area contributed by atoms with Gasteiger partial charge in [-0.2, -0.15) is 0 Å². The highest BCUT2D eigenvalue weighted by molar-refractivity contribution is 9.26. The molecule has 0 saturated heterocycles. The molecule has 0 spiro atoms. The van der Waals surface area contributed by atoms with E-state index in [-0.39, 0.29) is 0 Å². The van der Waals surface area contributed by atoms with Crippen LogP contribution in [-0.4, -0.2) is 26.4 Å². The number of hydrogen-bond acceptors (Lipinski definition) is 2. The molecule has 0 aliphatic heterocycles. The molecule has 5 heteroatoms. The fraction of sp³-hybridized carbons (Fsp3) is 1.00. The zero-order valence-electron chi connectivity index (χ0n) is 4.78. The third-order valence-corrected chi connectivity index (χ3v) is 9.56. The highest BCUT2D eigenvalue weighted by Crippen LogP contribution is 2.15. The van der Waals surface area contributed by atoms with E-state index in [1.165, 1.54) is 0 Å². The van der Waals surface area contributed by atoms with Crippen molar-refractivity contribution in [3.63, 3.8) is 0 Å². The summed E-state index contributed by atoms with van der Waals surface area (Å²) in [5.41, 5.74) is 0. The predicted molar refractivity (Wildman–Crippen MR) is 42.5 cm³/mol. The highest BCUT2D eigenvalue weighted by atomic mass is 79.9. The maximum atomic E-state index is 5.02. The van der Waals surface area contributed by atoms with E-state index in [2.05, 4.69) is 31.2 Å². The number of halogens is 2. The van der Waals surface area contributed by atoms with Crippen molar-refractivity contribution >= 4 is 38.4 Å². The first-order valence-corrected chi connectivity index (χ1v) is 7.44. The SMILES string of the molecule is CO[Si](Br)(CBr)OC. The van der Waals surface area contributed by atoms with E-state index in [9.17, 15) is 0 Å². The largest absolute Gasteiger partial charge is 0.424 e. The van der Waals surface area contributed by atoms with E-state index < -0.39 is 7.18 Å². The summed E-state index contributed by atoms with van der Waals surface area (Å²) in [5.74, 6) is 0. The van der Waals surface area contributed by atoms with Gasteiger partial charge in [-0.15, -0.1) is 0 Å². The monoisotopic (exact) mass is 262 g/mol. The van der Waals surface area contributed by atoms with Gasteiger partial charge in [0.25, 0.3) is 0 Å². The second kappa shape index (κ2) is 4.00. The van der Waals surface area contributed by atoms with Crippen LogP contribution in [0.1, 0.15) is 0 Å².